The lowest BCUT2D eigenvalue weighted by Crippen LogP contribution is -2.50. The number of carbonyl (C=O) groups is 2. The van der Waals surface area contributed by atoms with E-state index >= 15 is 0 Å². The van der Waals surface area contributed by atoms with Crippen LogP contribution in [0.1, 0.15) is 46.1 Å². The molecule has 2 amide bonds. The third-order valence-corrected chi connectivity index (χ3v) is 13.7. The number of aliphatic hydroxyl groups is 1. The second-order valence-electron chi connectivity index (χ2n) is 12.2. The Morgan fingerprint density at radius 2 is 1.78 bits per heavy atom. The summed E-state index contributed by atoms with van der Waals surface area (Å²) in [7, 11) is -2.02. The molecule has 3 aliphatic heterocycles. The zero-order valence-electron chi connectivity index (χ0n) is 21.8. The molecule has 5 atom stereocenters. The monoisotopic (exact) mass is 506 g/mol. The maximum absolute atomic E-state index is 14.0. The van der Waals surface area contributed by atoms with Crippen LogP contribution in [0.15, 0.2) is 36.4 Å². The number of benzene rings is 2. The average molecular weight is 507 g/mol. The van der Waals surface area contributed by atoms with E-state index in [-0.39, 0.29) is 16.9 Å². The summed E-state index contributed by atoms with van der Waals surface area (Å²) < 4.78 is 12.9. The van der Waals surface area contributed by atoms with E-state index in [2.05, 4.69) is 39.9 Å². The van der Waals surface area contributed by atoms with Gasteiger partial charge in [0.1, 0.15) is 5.60 Å². The molecule has 5 rings (SSSR count). The molecule has 2 aromatic rings. The van der Waals surface area contributed by atoms with Crippen molar-refractivity contribution in [2.45, 2.75) is 76.0 Å². The molecule has 190 valence electrons. The highest BCUT2D eigenvalue weighted by Gasteiger charge is 2.77. The zero-order valence-corrected chi connectivity index (χ0v) is 22.8. The highest BCUT2D eigenvalue weighted by Crippen LogP contribution is 2.62. The number of aliphatic hydroxyl groups excluding tert-OH is 1. The van der Waals surface area contributed by atoms with Gasteiger partial charge in [0.05, 0.1) is 40.9 Å². The Kier molecular flexibility index (Phi) is 5.55. The Labute approximate surface area is 213 Å². The molecule has 3 heterocycles. The van der Waals surface area contributed by atoms with Crippen LogP contribution in [-0.4, -0.2) is 49.2 Å². The molecule has 0 saturated carbocycles. The van der Waals surface area contributed by atoms with Gasteiger partial charge in [-0.25, -0.2) is 4.90 Å². The molecule has 2 aromatic carbocycles. The van der Waals surface area contributed by atoms with Crippen LogP contribution in [0.4, 0.5) is 5.69 Å². The minimum absolute atomic E-state index is 0.0417. The normalized spacial score (nSPS) is 31.8. The Bertz CT molecular complexity index is 1310. The van der Waals surface area contributed by atoms with Gasteiger partial charge in [-0.05, 0) is 43.6 Å². The molecule has 0 spiro atoms. The summed E-state index contributed by atoms with van der Waals surface area (Å²) >= 11 is 0. The third kappa shape index (κ3) is 3.33. The molecule has 7 nitrogen and oxygen atoms in total. The molecule has 1 N–H and O–H groups in total. The highest BCUT2D eigenvalue weighted by molar-refractivity contribution is 6.74. The van der Waals surface area contributed by atoms with E-state index in [0.717, 1.165) is 0 Å². The number of ether oxygens (including phenoxy) is 1. The van der Waals surface area contributed by atoms with Crippen molar-refractivity contribution < 1.29 is 23.9 Å². The van der Waals surface area contributed by atoms with Crippen molar-refractivity contribution in [2.24, 2.45) is 11.8 Å². The van der Waals surface area contributed by atoms with Crippen LogP contribution in [0, 0.1) is 23.2 Å². The van der Waals surface area contributed by atoms with Gasteiger partial charge in [-0.1, -0.05) is 45.0 Å². The Morgan fingerprint density at radius 1 is 1.14 bits per heavy atom. The summed E-state index contributed by atoms with van der Waals surface area (Å²) in [5.74, 6) is -2.11. The van der Waals surface area contributed by atoms with Crippen molar-refractivity contribution in [1.82, 2.24) is 0 Å². The van der Waals surface area contributed by atoms with Gasteiger partial charge in [-0.2, -0.15) is 5.26 Å². The van der Waals surface area contributed by atoms with Gasteiger partial charge < -0.3 is 14.3 Å². The molecule has 1 unspecified atom stereocenters. The zero-order chi connectivity index (χ0) is 26.3. The van der Waals surface area contributed by atoms with Gasteiger partial charge in [0.2, 0.25) is 11.8 Å². The lowest BCUT2D eigenvalue weighted by molar-refractivity contribution is -0.134. The van der Waals surface area contributed by atoms with Crippen LogP contribution in [0.2, 0.25) is 18.1 Å². The predicted molar refractivity (Wildman–Crippen MR) is 139 cm³/mol. The van der Waals surface area contributed by atoms with Gasteiger partial charge in [-0.15, -0.1) is 0 Å². The fourth-order valence-electron chi connectivity index (χ4n) is 6.13. The van der Waals surface area contributed by atoms with Crippen LogP contribution in [0.5, 0.6) is 0 Å². The number of anilines is 1. The van der Waals surface area contributed by atoms with E-state index in [0.29, 0.717) is 41.5 Å². The maximum atomic E-state index is 14.0. The number of hydrogen-bond acceptors (Lipinski definition) is 6. The summed E-state index contributed by atoms with van der Waals surface area (Å²) in [6, 6.07) is 12.8. The number of imide groups is 1. The molecule has 3 saturated heterocycles. The first-order valence-corrected chi connectivity index (χ1v) is 15.5. The van der Waals surface area contributed by atoms with Crippen molar-refractivity contribution in [1.29, 1.82) is 5.26 Å². The molecular weight excluding hydrogens is 472 g/mol. The van der Waals surface area contributed by atoms with Crippen LogP contribution in [0.3, 0.4) is 0 Å². The fourth-order valence-corrected chi connectivity index (χ4v) is 7.18. The first-order chi connectivity index (χ1) is 16.8. The topological polar surface area (TPSA) is 99.9 Å². The minimum Gasteiger partial charge on any atom is -0.417 e. The first-order valence-electron chi connectivity index (χ1n) is 12.6. The average Bonchev–Trinajstić information content (AvgIpc) is 3.33. The lowest BCUT2D eigenvalue weighted by Gasteiger charge is -2.38. The van der Waals surface area contributed by atoms with Crippen molar-refractivity contribution in [3.05, 3.63) is 42.0 Å². The smallest absolute Gasteiger partial charge is 0.240 e. The Hall–Kier alpha value is -2.57. The molecule has 0 aliphatic carbocycles. The molecule has 2 bridgehead atoms. The largest absolute Gasteiger partial charge is 0.417 e. The number of carbonyl (C=O) groups excluding carboxylic acids is 2. The minimum atomic E-state index is -2.02. The van der Waals surface area contributed by atoms with Gasteiger partial charge in [-0.3, -0.25) is 9.59 Å². The molecule has 3 fully saturated rings. The lowest BCUT2D eigenvalue weighted by atomic mass is 9.66. The Morgan fingerprint density at radius 3 is 2.42 bits per heavy atom. The second-order valence-corrected chi connectivity index (χ2v) is 17.0. The van der Waals surface area contributed by atoms with E-state index in [1.807, 2.05) is 24.3 Å². The molecule has 8 heteroatoms. The van der Waals surface area contributed by atoms with Gasteiger partial charge in [0.15, 0.2) is 8.32 Å². The van der Waals surface area contributed by atoms with Crippen molar-refractivity contribution in [3.63, 3.8) is 0 Å². The van der Waals surface area contributed by atoms with Crippen LogP contribution >= 0.6 is 0 Å². The number of rotatable bonds is 5. The number of amides is 2. The van der Waals surface area contributed by atoms with Crippen molar-refractivity contribution in [2.75, 3.05) is 11.5 Å². The van der Waals surface area contributed by atoms with E-state index in [9.17, 15) is 20.0 Å². The molecule has 3 aliphatic rings. The van der Waals surface area contributed by atoms with Crippen molar-refractivity contribution >= 4 is 36.6 Å². The van der Waals surface area contributed by atoms with E-state index in [1.165, 1.54) is 4.90 Å². The summed E-state index contributed by atoms with van der Waals surface area (Å²) in [5, 5.41) is 22.0. The number of fused-ring (bicyclic) bond motifs is 6. The van der Waals surface area contributed by atoms with E-state index in [4.69, 9.17) is 9.16 Å². The molecule has 0 aromatic heterocycles. The standard InChI is InChI=1S/C28H34N2O5Si/c1-26(2,3)36(5,6)34-14-13-28-15-21(31)27(4,35-28)22-23(28)25(33)30(24(22)32)20-12-11-17(16-29)18-9-7-8-10-19(18)20/h7-12,21-23,31H,13-15H2,1-6H3/t21-,22-,23?,27-,28-/m0/s1. The quantitative estimate of drug-likeness (QED) is 0.473. The predicted octanol–water partition coefficient (Wildman–Crippen LogP) is 4.52. The summed E-state index contributed by atoms with van der Waals surface area (Å²) in [5.41, 5.74) is -1.13. The maximum Gasteiger partial charge on any atom is 0.240 e. The first kappa shape index (κ1) is 25.1. The van der Waals surface area contributed by atoms with Crippen molar-refractivity contribution in [3.8, 4) is 6.07 Å². The fraction of sp³-hybridized carbons (Fsp3) is 0.536. The number of nitriles is 1. The third-order valence-electron chi connectivity index (χ3n) is 9.17. The van der Waals surface area contributed by atoms with Gasteiger partial charge in [0, 0.05) is 23.8 Å². The van der Waals surface area contributed by atoms with Gasteiger partial charge in [0.25, 0.3) is 0 Å². The number of hydrogen-bond donors (Lipinski definition) is 1. The van der Waals surface area contributed by atoms with Gasteiger partial charge >= 0.3 is 0 Å². The summed E-state index contributed by atoms with van der Waals surface area (Å²) in [6.45, 7) is 13.0. The SMILES string of the molecule is CC(C)(C)[Si](C)(C)OCC[C@@]12C[C@H](O)[C@](C)(O1)[C@@H]1C(=O)N(c3ccc(C#N)c4ccccc34)C(=O)C12. The molecule has 0 radical (unpaired) electrons. The summed E-state index contributed by atoms with van der Waals surface area (Å²) in [6.07, 6.45) is -0.109. The molecule has 36 heavy (non-hydrogen) atoms. The van der Waals surface area contributed by atoms with E-state index < -0.39 is 37.5 Å². The van der Waals surface area contributed by atoms with Crippen LogP contribution in [0.25, 0.3) is 10.8 Å². The van der Waals surface area contributed by atoms with Crippen LogP contribution < -0.4 is 4.90 Å². The Balaban J connectivity index is 1.52. The molecular formula is C28H34N2O5Si. The van der Waals surface area contributed by atoms with E-state index in [1.54, 1.807) is 19.1 Å². The van der Waals surface area contributed by atoms with Crippen LogP contribution in [-0.2, 0) is 18.8 Å². The second kappa shape index (κ2) is 7.96. The summed E-state index contributed by atoms with van der Waals surface area (Å²) in [4.78, 5) is 29.1. The highest BCUT2D eigenvalue weighted by atomic mass is 28.4. The number of nitrogens with zero attached hydrogens (tertiary/aromatic N) is 2.